The number of halogens is 3. The fourth-order valence-corrected chi connectivity index (χ4v) is 7.55. The number of benzene rings is 4. The molecule has 2 fully saturated rings. The van der Waals surface area contributed by atoms with Gasteiger partial charge in [-0.2, -0.15) is 18.4 Å². The number of carbonyl (C=O) groups is 5. The third-order valence-corrected chi connectivity index (χ3v) is 10.6. The number of carbonyl (C=O) groups excluding carboxylic acids is 5. The molecule has 5 amide bonds. The summed E-state index contributed by atoms with van der Waals surface area (Å²) in [7, 11) is 0. The van der Waals surface area contributed by atoms with Crippen molar-refractivity contribution in [1.82, 2.24) is 15.1 Å². The Labute approximate surface area is 343 Å². The molecule has 4 aromatic rings. The lowest BCUT2D eigenvalue weighted by molar-refractivity contribution is -0.138. The van der Waals surface area contributed by atoms with Crippen molar-refractivity contribution in [2.75, 3.05) is 38.2 Å². The molecule has 3 aliphatic heterocycles. The van der Waals surface area contributed by atoms with Crippen LogP contribution in [0.2, 0.25) is 0 Å². The van der Waals surface area contributed by atoms with Crippen LogP contribution >= 0.6 is 0 Å². The molecule has 2 atom stereocenters. The lowest BCUT2D eigenvalue weighted by atomic mass is 9.89. The molecule has 16 heteroatoms. The number of hydrogen-bond acceptors (Lipinski definition) is 10. The number of nitrogens with zero attached hydrogens (tertiary/aromatic N) is 3. The first-order chi connectivity index (χ1) is 28.6. The minimum atomic E-state index is -4.75. The number of fused-ring (bicyclic) bond motifs is 1. The van der Waals surface area contributed by atoms with E-state index in [1.165, 1.54) is 12.1 Å². The van der Waals surface area contributed by atoms with Crippen LogP contribution in [0.4, 0.5) is 18.9 Å². The van der Waals surface area contributed by atoms with Crippen LogP contribution in [0.1, 0.15) is 64.1 Å². The van der Waals surface area contributed by atoms with Crippen molar-refractivity contribution in [2.24, 2.45) is 5.41 Å². The fourth-order valence-electron chi connectivity index (χ4n) is 7.55. The van der Waals surface area contributed by atoms with Gasteiger partial charge in [0.15, 0.2) is 6.10 Å². The first kappa shape index (κ1) is 41.4. The highest BCUT2D eigenvalue weighted by Gasteiger charge is 2.49. The van der Waals surface area contributed by atoms with Crippen LogP contribution in [0, 0.1) is 16.7 Å². The quantitative estimate of drug-likeness (QED) is 0.114. The zero-order valence-electron chi connectivity index (χ0n) is 32.6. The summed E-state index contributed by atoms with van der Waals surface area (Å²) >= 11 is 0. The van der Waals surface area contributed by atoms with Crippen LogP contribution in [0.5, 0.6) is 11.5 Å². The van der Waals surface area contributed by atoms with E-state index in [0.717, 1.165) is 39.4 Å². The monoisotopic (exact) mass is 823 g/mol. The first-order valence-electron chi connectivity index (χ1n) is 19.2. The minimum Gasteiger partial charge on any atom is -0.490 e. The molecule has 2 N–H and O–H groups in total. The van der Waals surface area contributed by atoms with Gasteiger partial charge in [-0.15, -0.1) is 0 Å². The highest BCUT2D eigenvalue weighted by molar-refractivity contribution is 6.24. The standard InChI is InChI=1S/C44H40F3N5O8/c1-43(2)25-51(42(57)38(43)60-31-15-12-29(23-48)33(22-31)44(45,46)47)24-26-6-8-27(9-7-26)28-10-13-30(14-11-28)49-18-19-58-20-21-59-35-5-3-4-32-37(35)41(56)52(40(32)55)34-16-17-36(53)50-39(34)54/h3-15,22,34,38,49H,16-21,24-25H2,1-2H3,(H,50,53,54). The Morgan fingerprint density at radius 1 is 0.900 bits per heavy atom. The fraction of sp³-hybridized carbons (Fsp3) is 0.318. The van der Waals surface area contributed by atoms with Gasteiger partial charge in [-0.25, -0.2) is 0 Å². The molecule has 60 heavy (non-hydrogen) atoms. The number of nitrogens with one attached hydrogen (secondary N) is 2. The zero-order chi connectivity index (χ0) is 42.8. The van der Waals surface area contributed by atoms with Crippen molar-refractivity contribution in [1.29, 1.82) is 5.26 Å². The largest absolute Gasteiger partial charge is 0.490 e. The summed E-state index contributed by atoms with van der Waals surface area (Å²) in [6.07, 6.45) is -5.66. The highest BCUT2D eigenvalue weighted by Crippen LogP contribution is 2.39. The number of likely N-dealkylation sites (tertiary alicyclic amines) is 1. The molecule has 0 aromatic heterocycles. The number of imide groups is 2. The van der Waals surface area contributed by atoms with Crippen molar-refractivity contribution in [3.05, 3.63) is 113 Å². The first-order valence-corrected chi connectivity index (χ1v) is 19.2. The molecule has 0 radical (unpaired) electrons. The van der Waals surface area contributed by atoms with Crippen molar-refractivity contribution in [2.45, 2.75) is 51.6 Å². The summed E-state index contributed by atoms with van der Waals surface area (Å²) in [5, 5.41) is 14.6. The van der Waals surface area contributed by atoms with E-state index in [1.54, 1.807) is 23.1 Å². The molecule has 0 saturated carbocycles. The third-order valence-electron chi connectivity index (χ3n) is 10.6. The van der Waals surface area contributed by atoms with Crippen LogP contribution in [0.15, 0.2) is 84.9 Å². The molecule has 3 heterocycles. The van der Waals surface area contributed by atoms with E-state index in [0.29, 0.717) is 26.2 Å². The maximum absolute atomic E-state index is 13.5. The number of ether oxygens (including phenoxy) is 3. The van der Waals surface area contributed by atoms with Crippen LogP contribution in [-0.4, -0.2) is 84.4 Å². The molecule has 3 aliphatic rings. The molecule has 7 rings (SSSR count). The second-order valence-electron chi connectivity index (χ2n) is 15.3. The van der Waals surface area contributed by atoms with Gasteiger partial charge in [-0.05, 0) is 65.6 Å². The van der Waals surface area contributed by atoms with Gasteiger partial charge in [0.1, 0.15) is 24.1 Å². The van der Waals surface area contributed by atoms with Gasteiger partial charge in [0, 0.05) is 37.2 Å². The normalized spacial score (nSPS) is 18.6. The zero-order valence-corrected chi connectivity index (χ0v) is 32.6. The summed E-state index contributed by atoms with van der Waals surface area (Å²) < 4.78 is 57.9. The van der Waals surface area contributed by atoms with Gasteiger partial charge >= 0.3 is 6.18 Å². The Hall–Kier alpha value is -6.73. The number of nitriles is 1. The molecule has 0 spiro atoms. The number of piperidine rings is 1. The van der Waals surface area contributed by atoms with E-state index < -0.39 is 58.5 Å². The molecule has 2 unspecified atom stereocenters. The summed E-state index contributed by atoms with van der Waals surface area (Å²) in [4.78, 5) is 66.2. The van der Waals surface area contributed by atoms with E-state index in [1.807, 2.05) is 62.4 Å². The van der Waals surface area contributed by atoms with Gasteiger partial charge in [0.25, 0.3) is 17.7 Å². The second-order valence-corrected chi connectivity index (χ2v) is 15.3. The maximum Gasteiger partial charge on any atom is 0.417 e. The average Bonchev–Trinajstić information content (AvgIpc) is 3.59. The van der Waals surface area contributed by atoms with Gasteiger partial charge in [0.05, 0.1) is 41.5 Å². The molecule has 0 aliphatic carbocycles. The Bertz CT molecular complexity index is 2380. The smallest absolute Gasteiger partial charge is 0.417 e. The summed E-state index contributed by atoms with van der Waals surface area (Å²) in [6.45, 7) is 5.46. The predicted molar refractivity (Wildman–Crippen MR) is 210 cm³/mol. The molecule has 2 saturated heterocycles. The van der Waals surface area contributed by atoms with Crippen molar-refractivity contribution in [3.63, 3.8) is 0 Å². The number of alkyl halides is 3. The summed E-state index contributed by atoms with van der Waals surface area (Å²) in [5.41, 5.74) is 1.57. The topological polar surface area (TPSA) is 167 Å². The highest BCUT2D eigenvalue weighted by atomic mass is 19.4. The number of hydrogen-bond donors (Lipinski definition) is 2. The molecular formula is C44H40F3N5O8. The van der Waals surface area contributed by atoms with Crippen LogP contribution in [0.25, 0.3) is 11.1 Å². The van der Waals surface area contributed by atoms with Crippen molar-refractivity contribution < 1.29 is 51.4 Å². The molecule has 0 bridgehead atoms. The second kappa shape index (κ2) is 16.9. The Morgan fingerprint density at radius 2 is 1.62 bits per heavy atom. The minimum absolute atomic E-state index is 0.0295. The summed E-state index contributed by atoms with van der Waals surface area (Å²) in [5.74, 6) is -2.64. The summed E-state index contributed by atoms with van der Waals surface area (Å²) in [6, 6.07) is 23.8. The number of anilines is 1. The van der Waals surface area contributed by atoms with E-state index in [-0.39, 0.29) is 54.6 Å². The predicted octanol–water partition coefficient (Wildman–Crippen LogP) is 5.97. The number of rotatable bonds is 14. The lowest BCUT2D eigenvalue weighted by Gasteiger charge is -2.27. The van der Waals surface area contributed by atoms with Crippen molar-refractivity contribution >= 4 is 35.2 Å². The van der Waals surface area contributed by atoms with Gasteiger partial charge in [-0.1, -0.05) is 56.3 Å². The van der Waals surface area contributed by atoms with Gasteiger partial charge in [-0.3, -0.25) is 34.2 Å². The van der Waals surface area contributed by atoms with Gasteiger partial charge < -0.3 is 24.4 Å². The van der Waals surface area contributed by atoms with Gasteiger partial charge in [0.2, 0.25) is 11.8 Å². The van der Waals surface area contributed by atoms with E-state index in [4.69, 9.17) is 19.5 Å². The van der Waals surface area contributed by atoms with E-state index >= 15 is 0 Å². The third kappa shape index (κ3) is 8.67. The Balaban J connectivity index is 0.849. The molecular weight excluding hydrogens is 784 g/mol. The number of amides is 5. The lowest BCUT2D eigenvalue weighted by Crippen LogP contribution is -2.54. The van der Waals surface area contributed by atoms with E-state index in [9.17, 15) is 37.1 Å². The molecule has 13 nitrogen and oxygen atoms in total. The van der Waals surface area contributed by atoms with Crippen LogP contribution in [0.3, 0.4) is 0 Å². The van der Waals surface area contributed by atoms with Crippen LogP contribution in [-0.2, 0) is 31.8 Å². The molecule has 310 valence electrons. The van der Waals surface area contributed by atoms with E-state index in [2.05, 4.69) is 10.6 Å². The molecule has 4 aromatic carbocycles. The SMILES string of the molecule is CC1(C)CN(Cc2ccc(-c3ccc(NCCOCCOc4cccc5c4C(=O)N(C4CCC(=O)NC4=O)C5=O)cc3)cc2)C(=O)C1Oc1ccc(C#N)c(C(F)(F)F)c1. The van der Waals surface area contributed by atoms with Crippen LogP contribution < -0.4 is 20.1 Å². The Kier molecular flexibility index (Phi) is 11.6. The maximum atomic E-state index is 13.5. The Morgan fingerprint density at radius 3 is 2.30 bits per heavy atom. The average molecular weight is 824 g/mol. The van der Waals surface area contributed by atoms with Crippen molar-refractivity contribution in [3.8, 4) is 28.7 Å².